The molecule has 25 heavy (non-hydrogen) atoms. The predicted molar refractivity (Wildman–Crippen MR) is 98.3 cm³/mol. The summed E-state index contributed by atoms with van der Waals surface area (Å²) in [5.74, 6) is -1.09. The number of thioether (sulfide) groups is 1. The number of allylic oxidation sites excluding steroid dienone is 1. The molecule has 0 aromatic heterocycles. The van der Waals surface area contributed by atoms with Gasteiger partial charge in [-0.15, -0.1) is 0 Å². The van der Waals surface area contributed by atoms with Gasteiger partial charge in [-0.05, 0) is 24.1 Å². The third-order valence-electron chi connectivity index (χ3n) is 3.50. The molecular weight excluding hydrogens is 383 g/mol. The first-order chi connectivity index (χ1) is 12.0. The van der Waals surface area contributed by atoms with Crippen LogP contribution in [0.15, 0.2) is 28.8 Å². The van der Waals surface area contributed by atoms with Crippen molar-refractivity contribution < 1.29 is 14.3 Å². The molecule has 0 radical (unpaired) electrons. The number of rotatable bonds is 6. The van der Waals surface area contributed by atoms with Gasteiger partial charge in [0.2, 0.25) is 5.91 Å². The number of esters is 1. The highest BCUT2D eigenvalue weighted by molar-refractivity contribution is 8.03. The summed E-state index contributed by atoms with van der Waals surface area (Å²) >= 11 is 13.2. The molecule has 1 atom stereocenters. The largest absolute Gasteiger partial charge is 0.465 e. The maximum atomic E-state index is 12.1. The van der Waals surface area contributed by atoms with E-state index in [1.165, 1.54) is 0 Å². The topological polar surface area (TPSA) is 79.2 Å². The van der Waals surface area contributed by atoms with Gasteiger partial charge in [-0.1, -0.05) is 48.0 Å². The summed E-state index contributed by atoms with van der Waals surface area (Å²) in [6.45, 7) is 2.25. The number of hydrogen-bond donors (Lipinski definition) is 1. The first kappa shape index (κ1) is 19.6. The Hall–Kier alpha value is -1.68. The molecule has 1 aromatic carbocycles. The Morgan fingerprint density at radius 2 is 2.24 bits per heavy atom. The summed E-state index contributed by atoms with van der Waals surface area (Å²) in [6.07, 6.45) is 0.838. The van der Waals surface area contributed by atoms with Crippen molar-refractivity contribution in [3.05, 3.63) is 44.4 Å². The van der Waals surface area contributed by atoms with Crippen LogP contribution < -0.4 is 5.32 Å². The van der Waals surface area contributed by atoms with Crippen molar-refractivity contribution in [1.82, 2.24) is 5.32 Å². The van der Waals surface area contributed by atoms with Crippen LogP contribution in [0, 0.1) is 11.3 Å². The van der Waals surface area contributed by atoms with Gasteiger partial charge in [-0.25, -0.2) is 0 Å². The van der Waals surface area contributed by atoms with E-state index < -0.39 is 11.9 Å². The van der Waals surface area contributed by atoms with Crippen LogP contribution in [0.25, 0.3) is 0 Å². The molecule has 1 aliphatic rings. The van der Waals surface area contributed by atoms with Crippen molar-refractivity contribution in [2.24, 2.45) is 0 Å². The second-order valence-corrected chi connectivity index (χ2v) is 7.16. The van der Waals surface area contributed by atoms with Crippen molar-refractivity contribution in [1.29, 1.82) is 5.26 Å². The van der Waals surface area contributed by atoms with Gasteiger partial charge in [0.1, 0.15) is 0 Å². The molecule has 1 heterocycles. The highest BCUT2D eigenvalue weighted by atomic mass is 35.5. The third-order valence-corrected chi connectivity index (χ3v) is 5.05. The maximum Gasteiger partial charge on any atom is 0.316 e. The van der Waals surface area contributed by atoms with E-state index in [1.54, 1.807) is 18.2 Å². The van der Waals surface area contributed by atoms with Crippen LogP contribution in [0.5, 0.6) is 0 Å². The van der Waals surface area contributed by atoms with E-state index in [0.29, 0.717) is 32.8 Å². The Balaban J connectivity index is 2.26. The first-order valence-electron chi connectivity index (χ1n) is 7.63. The van der Waals surface area contributed by atoms with Gasteiger partial charge in [0.05, 0.1) is 29.0 Å². The minimum absolute atomic E-state index is 0.0157. The van der Waals surface area contributed by atoms with Crippen LogP contribution in [0.2, 0.25) is 10.0 Å². The normalized spacial score (nSPS) is 17.0. The second-order valence-electron chi connectivity index (χ2n) is 5.33. The fourth-order valence-corrected chi connectivity index (χ4v) is 3.79. The van der Waals surface area contributed by atoms with Gasteiger partial charge < -0.3 is 10.1 Å². The van der Waals surface area contributed by atoms with Crippen molar-refractivity contribution in [2.45, 2.75) is 25.7 Å². The van der Waals surface area contributed by atoms with E-state index in [4.69, 9.17) is 27.9 Å². The highest BCUT2D eigenvalue weighted by Crippen LogP contribution is 2.39. The number of nitriles is 1. The van der Waals surface area contributed by atoms with Gasteiger partial charge in [-0.2, -0.15) is 5.26 Å². The number of halogens is 2. The molecule has 1 amide bonds. The SMILES string of the molecule is CCCOC(=O)CSC1=C(C#N)C(c2ccc(Cl)cc2Cl)CC(=O)N1. The van der Waals surface area contributed by atoms with Crippen LogP contribution in [0.3, 0.4) is 0 Å². The van der Waals surface area contributed by atoms with Crippen LogP contribution in [0.4, 0.5) is 0 Å². The number of carbonyl (C=O) groups is 2. The zero-order valence-electron chi connectivity index (χ0n) is 13.5. The quantitative estimate of drug-likeness (QED) is 0.731. The fourth-order valence-electron chi connectivity index (χ4n) is 2.37. The van der Waals surface area contributed by atoms with Crippen LogP contribution in [0.1, 0.15) is 31.2 Å². The maximum absolute atomic E-state index is 12.1. The molecule has 1 unspecified atom stereocenters. The zero-order valence-corrected chi connectivity index (χ0v) is 15.8. The summed E-state index contributed by atoms with van der Waals surface area (Å²) in [4.78, 5) is 23.7. The molecule has 5 nitrogen and oxygen atoms in total. The van der Waals surface area contributed by atoms with Gasteiger partial charge >= 0.3 is 5.97 Å². The molecular formula is C17H16Cl2N2O3S. The fraction of sp³-hybridized carbons (Fsp3) is 0.353. The van der Waals surface area contributed by atoms with Gasteiger partial charge in [0.15, 0.2) is 0 Å². The smallest absolute Gasteiger partial charge is 0.316 e. The summed E-state index contributed by atoms with van der Waals surface area (Å²) in [7, 11) is 0. The summed E-state index contributed by atoms with van der Waals surface area (Å²) in [5, 5.41) is 13.5. The summed E-state index contributed by atoms with van der Waals surface area (Å²) in [5.41, 5.74) is 1.03. The van der Waals surface area contributed by atoms with Gasteiger partial charge in [-0.3, -0.25) is 9.59 Å². The van der Waals surface area contributed by atoms with E-state index in [9.17, 15) is 14.9 Å². The summed E-state index contributed by atoms with van der Waals surface area (Å²) < 4.78 is 5.01. The lowest BCUT2D eigenvalue weighted by atomic mass is 9.87. The molecule has 132 valence electrons. The molecule has 0 saturated heterocycles. The number of amides is 1. The standard InChI is InChI=1S/C17H16Cl2N2O3S/c1-2-5-24-16(23)9-25-17-13(8-20)12(7-15(22)21-17)11-4-3-10(18)6-14(11)19/h3-4,6,12H,2,5,7,9H2,1H3,(H,21,22). The third kappa shape index (κ3) is 5.15. The van der Waals surface area contributed by atoms with E-state index >= 15 is 0 Å². The number of carbonyl (C=O) groups excluding carboxylic acids is 2. The van der Waals surface area contributed by atoms with Crippen LogP contribution in [-0.4, -0.2) is 24.2 Å². The molecule has 1 aromatic rings. The van der Waals surface area contributed by atoms with E-state index in [2.05, 4.69) is 11.4 Å². The van der Waals surface area contributed by atoms with Gasteiger partial charge in [0.25, 0.3) is 0 Å². The lowest BCUT2D eigenvalue weighted by Gasteiger charge is -2.25. The molecule has 2 rings (SSSR count). The van der Waals surface area contributed by atoms with E-state index in [-0.39, 0.29) is 18.1 Å². The minimum Gasteiger partial charge on any atom is -0.465 e. The van der Waals surface area contributed by atoms with E-state index in [1.807, 2.05) is 6.92 Å². The van der Waals surface area contributed by atoms with Crippen LogP contribution >= 0.6 is 35.0 Å². The molecule has 1 N–H and O–H groups in total. The summed E-state index contributed by atoms with van der Waals surface area (Å²) in [6, 6.07) is 7.09. The van der Waals surface area contributed by atoms with Gasteiger partial charge in [0, 0.05) is 22.4 Å². The molecule has 0 fully saturated rings. The van der Waals surface area contributed by atoms with Crippen molar-refractivity contribution in [2.75, 3.05) is 12.4 Å². The van der Waals surface area contributed by atoms with Crippen molar-refractivity contribution in [3.8, 4) is 6.07 Å². The highest BCUT2D eigenvalue weighted by Gasteiger charge is 2.31. The Kier molecular flexibility index (Phi) is 7.18. The molecule has 1 aliphatic heterocycles. The molecule has 0 spiro atoms. The lowest BCUT2D eigenvalue weighted by Crippen LogP contribution is -2.31. The number of hydrogen-bond acceptors (Lipinski definition) is 5. The Labute approximate surface area is 160 Å². The molecule has 0 saturated carbocycles. The number of nitrogens with one attached hydrogen (secondary N) is 1. The Bertz CT molecular complexity index is 759. The monoisotopic (exact) mass is 398 g/mol. The van der Waals surface area contributed by atoms with Crippen molar-refractivity contribution in [3.63, 3.8) is 0 Å². The predicted octanol–water partition coefficient (Wildman–Crippen LogP) is 4.02. The Morgan fingerprint density at radius 3 is 2.88 bits per heavy atom. The zero-order chi connectivity index (χ0) is 18.4. The first-order valence-corrected chi connectivity index (χ1v) is 9.37. The average Bonchev–Trinajstić information content (AvgIpc) is 2.57. The number of ether oxygens (including phenoxy) is 1. The van der Waals surface area contributed by atoms with Crippen molar-refractivity contribution >= 4 is 46.8 Å². The minimum atomic E-state index is -0.474. The second kappa shape index (κ2) is 9.14. The molecule has 8 heteroatoms. The van der Waals surface area contributed by atoms with E-state index in [0.717, 1.165) is 18.2 Å². The average molecular weight is 399 g/mol. The Morgan fingerprint density at radius 1 is 1.48 bits per heavy atom. The number of benzene rings is 1. The van der Waals surface area contributed by atoms with Crippen LogP contribution in [-0.2, 0) is 14.3 Å². The molecule has 0 bridgehead atoms. The number of nitrogens with zero attached hydrogens (tertiary/aromatic N) is 1. The lowest BCUT2D eigenvalue weighted by molar-refractivity contribution is -0.140. The molecule has 0 aliphatic carbocycles.